The summed E-state index contributed by atoms with van der Waals surface area (Å²) in [5.41, 5.74) is 8.11. The van der Waals surface area contributed by atoms with E-state index in [9.17, 15) is 4.79 Å². The van der Waals surface area contributed by atoms with Gasteiger partial charge in [-0.3, -0.25) is 4.79 Å². The number of amides is 1. The SMILES string of the molecule is Cc1ccc(OCCC(=O)N2CCC(N)C2)c(C)c1. The van der Waals surface area contributed by atoms with E-state index in [0.717, 1.165) is 24.3 Å². The maximum atomic E-state index is 11.9. The summed E-state index contributed by atoms with van der Waals surface area (Å²) in [5, 5.41) is 0. The minimum atomic E-state index is 0.137. The summed E-state index contributed by atoms with van der Waals surface area (Å²) < 4.78 is 5.67. The molecule has 1 unspecified atom stereocenters. The fourth-order valence-corrected chi connectivity index (χ4v) is 2.38. The number of rotatable bonds is 4. The molecule has 0 radical (unpaired) electrons. The molecule has 104 valence electrons. The second-order valence-electron chi connectivity index (χ2n) is 5.26. The van der Waals surface area contributed by atoms with Crippen molar-refractivity contribution >= 4 is 5.91 Å². The molecule has 0 aromatic heterocycles. The lowest BCUT2D eigenvalue weighted by Gasteiger charge is -2.16. The third-order valence-corrected chi connectivity index (χ3v) is 3.48. The van der Waals surface area contributed by atoms with Crippen molar-refractivity contribution in [1.82, 2.24) is 4.90 Å². The van der Waals surface area contributed by atoms with Crippen LogP contribution in [0.4, 0.5) is 0 Å². The van der Waals surface area contributed by atoms with Crippen molar-refractivity contribution in [3.05, 3.63) is 29.3 Å². The summed E-state index contributed by atoms with van der Waals surface area (Å²) >= 11 is 0. The fraction of sp³-hybridized carbons (Fsp3) is 0.533. The first kappa shape index (κ1) is 13.9. The Morgan fingerprint density at radius 1 is 1.47 bits per heavy atom. The Labute approximate surface area is 114 Å². The van der Waals surface area contributed by atoms with Gasteiger partial charge in [-0.1, -0.05) is 17.7 Å². The molecule has 2 rings (SSSR count). The molecule has 1 aliphatic rings. The number of carbonyl (C=O) groups is 1. The predicted octanol–water partition coefficient (Wildman–Crippen LogP) is 1.63. The first-order valence-corrected chi connectivity index (χ1v) is 6.79. The lowest BCUT2D eigenvalue weighted by Crippen LogP contribution is -2.32. The third kappa shape index (κ3) is 3.70. The molecule has 1 saturated heterocycles. The number of nitrogens with two attached hydrogens (primary N) is 1. The summed E-state index contributed by atoms with van der Waals surface area (Å²) in [4.78, 5) is 13.7. The zero-order valence-corrected chi connectivity index (χ0v) is 11.7. The van der Waals surface area contributed by atoms with Gasteiger partial charge in [-0.25, -0.2) is 0 Å². The van der Waals surface area contributed by atoms with E-state index in [4.69, 9.17) is 10.5 Å². The van der Waals surface area contributed by atoms with Gasteiger partial charge in [0.2, 0.25) is 5.91 Å². The van der Waals surface area contributed by atoms with Gasteiger partial charge in [0.05, 0.1) is 13.0 Å². The second-order valence-corrected chi connectivity index (χ2v) is 5.26. The van der Waals surface area contributed by atoms with E-state index in [0.29, 0.717) is 19.6 Å². The number of benzene rings is 1. The van der Waals surface area contributed by atoms with Gasteiger partial charge in [0, 0.05) is 19.1 Å². The Morgan fingerprint density at radius 3 is 2.89 bits per heavy atom. The maximum Gasteiger partial charge on any atom is 0.226 e. The highest BCUT2D eigenvalue weighted by Crippen LogP contribution is 2.19. The summed E-state index contributed by atoms with van der Waals surface area (Å²) in [6.45, 7) is 5.96. The molecule has 4 heteroatoms. The number of hydrogen-bond acceptors (Lipinski definition) is 3. The summed E-state index contributed by atoms with van der Waals surface area (Å²) in [7, 11) is 0. The van der Waals surface area contributed by atoms with E-state index in [2.05, 4.69) is 13.0 Å². The van der Waals surface area contributed by atoms with Crippen LogP contribution in [0.1, 0.15) is 24.0 Å². The molecule has 1 fully saturated rings. The second kappa shape index (κ2) is 6.06. The molecular formula is C15H22N2O2. The van der Waals surface area contributed by atoms with Crippen LogP contribution in [-0.4, -0.2) is 36.5 Å². The number of likely N-dealkylation sites (tertiary alicyclic amines) is 1. The molecule has 1 amide bonds. The number of hydrogen-bond donors (Lipinski definition) is 1. The van der Waals surface area contributed by atoms with Gasteiger partial charge < -0.3 is 15.4 Å². The molecule has 1 aliphatic heterocycles. The zero-order chi connectivity index (χ0) is 13.8. The topological polar surface area (TPSA) is 55.6 Å². The summed E-state index contributed by atoms with van der Waals surface area (Å²) in [5.74, 6) is 0.995. The molecule has 0 bridgehead atoms. The number of ether oxygens (including phenoxy) is 1. The van der Waals surface area contributed by atoms with Crippen LogP contribution in [0.5, 0.6) is 5.75 Å². The molecule has 2 N–H and O–H groups in total. The minimum absolute atomic E-state index is 0.137. The summed E-state index contributed by atoms with van der Waals surface area (Å²) in [6.07, 6.45) is 1.32. The van der Waals surface area contributed by atoms with Gasteiger partial charge in [-0.15, -0.1) is 0 Å². The smallest absolute Gasteiger partial charge is 0.226 e. The Kier molecular flexibility index (Phi) is 4.43. The number of aryl methyl sites for hydroxylation is 2. The minimum Gasteiger partial charge on any atom is -0.493 e. The molecule has 0 saturated carbocycles. The van der Waals surface area contributed by atoms with Crippen LogP contribution in [-0.2, 0) is 4.79 Å². The van der Waals surface area contributed by atoms with Gasteiger partial charge in [0.15, 0.2) is 0 Å². The zero-order valence-electron chi connectivity index (χ0n) is 11.7. The van der Waals surface area contributed by atoms with Crippen molar-refractivity contribution < 1.29 is 9.53 Å². The summed E-state index contributed by atoms with van der Waals surface area (Å²) in [6, 6.07) is 6.20. The van der Waals surface area contributed by atoms with Crippen LogP contribution in [0, 0.1) is 13.8 Å². The van der Waals surface area contributed by atoms with Crippen molar-refractivity contribution in [1.29, 1.82) is 0 Å². The van der Waals surface area contributed by atoms with E-state index >= 15 is 0 Å². The highest BCUT2D eigenvalue weighted by atomic mass is 16.5. The Bertz CT molecular complexity index is 459. The third-order valence-electron chi connectivity index (χ3n) is 3.48. The van der Waals surface area contributed by atoms with E-state index in [1.165, 1.54) is 5.56 Å². The van der Waals surface area contributed by atoms with Crippen LogP contribution >= 0.6 is 0 Å². The van der Waals surface area contributed by atoms with Crippen molar-refractivity contribution in [3.63, 3.8) is 0 Å². The monoisotopic (exact) mass is 262 g/mol. The Morgan fingerprint density at radius 2 is 2.26 bits per heavy atom. The van der Waals surface area contributed by atoms with Crippen molar-refractivity contribution in [2.24, 2.45) is 5.73 Å². The van der Waals surface area contributed by atoms with Crippen LogP contribution in [0.25, 0.3) is 0 Å². The molecular weight excluding hydrogens is 240 g/mol. The first-order valence-electron chi connectivity index (χ1n) is 6.79. The van der Waals surface area contributed by atoms with Gasteiger partial charge >= 0.3 is 0 Å². The molecule has 1 aromatic rings. The van der Waals surface area contributed by atoms with Crippen molar-refractivity contribution in [2.45, 2.75) is 32.7 Å². The Balaban J connectivity index is 1.78. The Hall–Kier alpha value is -1.55. The van der Waals surface area contributed by atoms with Crippen molar-refractivity contribution in [2.75, 3.05) is 19.7 Å². The molecule has 0 spiro atoms. The normalized spacial score (nSPS) is 18.7. The highest BCUT2D eigenvalue weighted by molar-refractivity contribution is 5.76. The number of carbonyl (C=O) groups excluding carboxylic acids is 1. The molecule has 1 heterocycles. The lowest BCUT2D eigenvalue weighted by atomic mass is 10.1. The molecule has 0 aliphatic carbocycles. The lowest BCUT2D eigenvalue weighted by molar-refractivity contribution is -0.130. The number of nitrogens with zero attached hydrogens (tertiary/aromatic N) is 1. The van der Waals surface area contributed by atoms with Crippen LogP contribution in [0.15, 0.2) is 18.2 Å². The first-order chi connectivity index (χ1) is 9.06. The standard InChI is InChI=1S/C15H22N2O2/c1-11-3-4-14(12(2)9-11)19-8-6-15(18)17-7-5-13(16)10-17/h3-4,9,13H,5-8,10,16H2,1-2H3. The largest absolute Gasteiger partial charge is 0.493 e. The van der Waals surface area contributed by atoms with E-state index in [1.807, 2.05) is 24.0 Å². The van der Waals surface area contributed by atoms with E-state index < -0.39 is 0 Å². The van der Waals surface area contributed by atoms with Gasteiger partial charge in [0.1, 0.15) is 5.75 Å². The van der Waals surface area contributed by atoms with Gasteiger partial charge in [0.25, 0.3) is 0 Å². The van der Waals surface area contributed by atoms with Gasteiger partial charge in [-0.05, 0) is 31.9 Å². The van der Waals surface area contributed by atoms with Gasteiger partial charge in [-0.2, -0.15) is 0 Å². The quantitative estimate of drug-likeness (QED) is 0.897. The molecule has 19 heavy (non-hydrogen) atoms. The highest BCUT2D eigenvalue weighted by Gasteiger charge is 2.23. The average molecular weight is 262 g/mol. The van der Waals surface area contributed by atoms with E-state index in [-0.39, 0.29) is 11.9 Å². The maximum absolute atomic E-state index is 11.9. The average Bonchev–Trinajstić information content (AvgIpc) is 2.78. The van der Waals surface area contributed by atoms with Crippen LogP contribution < -0.4 is 10.5 Å². The van der Waals surface area contributed by atoms with Crippen LogP contribution in [0.2, 0.25) is 0 Å². The van der Waals surface area contributed by atoms with E-state index in [1.54, 1.807) is 0 Å². The molecule has 1 aromatic carbocycles. The predicted molar refractivity (Wildman–Crippen MR) is 75.2 cm³/mol. The fourth-order valence-electron chi connectivity index (χ4n) is 2.38. The van der Waals surface area contributed by atoms with Crippen LogP contribution in [0.3, 0.4) is 0 Å². The molecule has 4 nitrogen and oxygen atoms in total. The molecule has 1 atom stereocenters. The van der Waals surface area contributed by atoms with Crippen molar-refractivity contribution in [3.8, 4) is 5.75 Å².